The van der Waals surface area contributed by atoms with E-state index in [0.29, 0.717) is 16.6 Å². The van der Waals surface area contributed by atoms with Crippen LogP contribution >= 0.6 is 0 Å². The van der Waals surface area contributed by atoms with E-state index in [1.165, 1.54) is 12.1 Å². The quantitative estimate of drug-likeness (QED) is 0.660. The molecule has 74 valence electrons. The molecular formula is C12H8B2O2. The first-order chi connectivity index (χ1) is 7.58. The van der Waals surface area contributed by atoms with Gasteiger partial charge in [-0.25, -0.2) is 0 Å². The highest BCUT2D eigenvalue weighted by Crippen LogP contribution is 2.27. The van der Waals surface area contributed by atoms with Gasteiger partial charge in [0.1, 0.15) is 27.2 Å². The fraction of sp³-hybridized carbons (Fsp3) is 0. The van der Waals surface area contributed by atoms with Crippen LogP contribution < -0.4 is 10.9 Å². The van der Waals surface area contributed by atoms with E-state index in [1.807, 2.05) is 0 Å². The van der Waals surface area contributed by atoms with Crippen molar-refractivity contribution in [2.75, 3.05) is 0 Å². The highest BCUT2D eigenvalue weighted by molar-refractivity contribution is 6.34. The van der Waals surface area contributed by atoms with Gasteiger partial charge in [0.25, 0.3) is 0 Å². The van der Waals surface area contributed by atoms with Crippen LogP contribution in [0, 0.1) is 0 Å². The Hall–Kier alpha value is -1.83. The highest BCUT2D eigenvalue weighted by Gasteiger charge is 2.05. The molecule has 0 aromatic heterocycles. The maximum Gasteiger partial charge on any atom is 0.123 e. The zero-order valence-corrected chi connectivity index (χ0v) is 8.51. The molecule has 0 bridgehead atoms. The molecule has 2 rings (SSSR count). The van der Waals surface area contributed by atoms with Crippen LogP contribution in [-0.4, -0.2) is 25.9 Å². The van der Waals surface area contributed by atoms with E-state index in [-0.39, 0.29) is 17.0 Å². The number of benzene rings is 2. The second-order valence-corrected chi connectivity index (χ2v) is 3.55. The molecule has 0 atom stereocenters. The largest absolute Gasteiger partial charge is 0.509 e. The number of phenolic OH excluding ortho intramolecular Hbond substituents is 2. The summed E-state index contributed by atoms with van der Waals surface area (Å²) in [6, 6.07) is 9.52. The number of aromatic hydroxyl groups is 2. The Labute approximate surface area is 96.4 Å². The van der Waals surface area contributed by atoms with E-state index in [2.05, 4.69) is 0 Å². The van der Waals surface area contributed by atoms with E-state index in [9.17, 15) is 10.2 Å². The monoisotopic (exact) mass is 206 g/mol. The predicted octanol–water partition coefficient (Wildman–Crippen LogP) is 0.352. The Morgan fingerprint density at radius 3 is 2.19 bits per heavy atom. The minimum absolute atomic E-state index is 0.0205. The van der Waals surface area contributed by atoms with Crippen molar-refractivity contribution < 1.29 is 10.2 Å². The lowest BCUT2D eigenvalue weighted by molar-refractivity contribution is 0.476. The van der Waals surface area contributed by atoms with Crippen LogP contribution in [0.3, 0.4) is 0 Å². The molecule has 2 aromatic rings. The van der Waals surface area contributed by atoms with Crippen LogP contribution in [0.1, 0.15) is 0 Å². The predicted molar refractivity (Wildman–Crippen MR) is 66.0 cm³/mol. The first kappa shape index (κ1) is 10.7. The number of hydrogen-bond donors (Lipinski definition) is 2. The molecule has 0 heterocycles. The molecule has 0 amide bonds. The Morgan fingerprint density at radius 2 is 1.50 bits per heavy atom. The summed E-state index contributed by atoms with van der Waals surface area (Å²) in [6.07, 6.45) is 0. The SMILES string of the molecule is [B]c1ccc(O)c(-c2ccc(O)c([B])c2)c1. The van der Waals surface area contributed by atoms with Crippen LogP contribution in [0.2, 0.25) is 0 Å². The third-order valence-electron chi connectivity index (χ3n) is 2.36. The summed E-state index contributed by atoms with van der Waals surface area (Å²) in [5, 5.41) is 19.0. The third-order valence-corrected chi connectivity index (χ3v) is 2.36. The molecule has 0 saturated heterocycles. The van der Waals surface area contributed by atoms with Crippen molar-refractivity contribution in [3.05, 3.63) is 36.4 Å². The summed E-state index contributed by atoms with van der Waals surface area (Å²) >= 11 is 0. The number of hydrogen-bond acceptors (Lipinski definition) is 2. The highest BCUT2D eigenvalue weighted by atomic mass is 16.3. The first-order valence-corrected chi connectivity index (χ1v) is 4.75. The van der Waals surface area contributed by atoms with Crippen molar-refractivity contribution in [1.29, 1.82) is 0 Å². The Bertz CT molecular complexity index is 539. The summed E-state index contributed by atoms with van der Waals surface area (Å²) < 4.78 is 0. The summed E-state index contributed by atoms with van der Waals surface area (Å²) in [7, 11) is 11.2. The van der Waals surface area contributed by atoms with E-state index in [1.54, 1.807) is 24.3 Å². The number of rotatable bonds is 1. The Morgan fingerprint density at radius 1 is 0.812 bits per heavy atom. The smallest absolute Gasteiger partial charge is 0.123 e. The van der Waals surface area contributed by atoms with Crippen molar-refractivity contribution in [1.82, 2.24) is 0 Å². The normalized spacial score (nSPS) is 10.2. The molecule has 16 heavy (non-hydrogen) atoms. The topological polar surface area (TPSA) is 40.5 Å². The molecule has 4 heteroatoms. The second kappa shape index (κ2) is 3.97. The average molecular weight is 206 g/mol. The average Bonchev–Trinajstić information content (AvgIpc) is 2.26. The lowest BCUT2D eigenvalue weighted by Crippen LogP contribution is -2.04. The lowest BCUT2D eigenvalue weighted by atomic mass is 9.88. The standard InChI is InChI=1S/C12H8B2O2/c13-8-2-4-11(15)9(6-8)7-1-3-12(16)10(14)5-7/h1-6,15-16H. The van der Waals surface area contributed by atoms with Crippen LogP contribution in [0.4, 0.5) is 0 Å². The molecule has 0 saturated carbocycles. The van der Waals surface area contributed by atoms with Gasteiger partial charge in [-0.05, 0) is 17.7 Å². The van der Waals surface area contributed by atoms with Gasteiger partial charge in [0.05, 0.1) is 0 Å². The van der Waals surface area contributed by atoms with Crippen molar-refractivity contribution in [3.8, 4) is 22.6 Å². The van der Waals surface area contributed by atoms with Gasteiger partial charge < -0.3 is 10.2 Å². The minimum Gasteiger partial charge on any atom is -0.509 e. The number of phenols is 2. The van der Waals surface area contributed by atoms with E-state index in [0.717, 1.165) is 0 Å². The summed E-state index contributed by atoms with van der Waals surface area (Å²) in [6.45, 7) is 0. The Balaban J connectivity index is 2.58. The summed E-state index contributed by atoms with van der Waals surface area (Å²) in [4.78, 5) is 0. The van der Waals surface area contributed by atoms with E-state index >= 15 is 0 Å². The van der Waals surface area contributed by atoms with Crippen LogP contribution in [0.5, 0.6) is 11.5 Å². The maximum atomic E-state index is 9.69. The summed E-state index contributed by atoms with van der Waals surface area (Å²) in [5.74, 6) is 0.145. The van der Waals surface area contributed by atoms with Gasteiger partial charge in [-0.3, -0.25) is 0 Å². The van der Waals surface area contributed by atoms with Gasteiger partial charge >= 0.3 is 0 Å². The molecule has 0 unspecified atom stereocenters. The van der Waals surface area contributed by atoms with Crippen LogP contribution in [-0.2, 0) is 0 Å². The molecule has 0 fully saturated rings. The van der Waals surface area contributed by atoms with Crippen molar-refractivity contribution >= 4 is 26.6 Å². The molecule has 4 radical (unpaired) electrons. The lowest BCUT2D eigenvalue weighted by Gasteiger charge is -2.08. The molecule has 0 aliphatic heterocycles. The van der Waals surface area contributed by atoms with E-state index in [4.69, 9.17) is 15.7 Å². The molecule has 2 N–H and O–H groups in total. The summed E-state index contributed by atoms with van der Waals surface area (Å²) in [5.41, 5.74) is 2.12. The van der Waals surface area contributed by atoms with Gasteiger partial charge in [-0.1, -0.05) is 35.2 Å². The molecular weight excluding hydrogens is 198 g/mol. The maximum absolute atomic E-state index is 9.69. The van der Waals surface area contributed by atoms with Crippen LogP contribution in [0.25, 0.3) is 11.1 Å². The van der Waals surface area contributed by atoms with Gasteiger partial charge in [0, 0.05) is 5.56 Å². The van der Waals surface area contributed by atoms with Crippen molar-refractivity contribution in [3.63, 3.8) is 0 Å². The van der Waals surface area contributed by atoms with Crippen LogP contribution in [0.15, 0.2) is 36.4 Å². The zero-order valence-electron chi connectivity index (χ0n) is 8.51. The Kier molecular flexibility index (Phi) is 2.65. The van der Waals surface area contributed by atoms with Gasteiger partial charge in [-0.15, -0.1) is 0 Å². The molecule has 2 aromatic carbocycles. The van der Waals surface area contributed by atoms with Crippen molar-refractivity contribution in [2.24, 2.45) is 0 Å². The van der Waals surface area contributed by atoms with Gasteiger partial charge in [-0.2, -0.15) is 0 Å². The molecule has 0 aliphatic carbocycles. The minimum atomic E-state index is 0.0205. The fourth-order valence-corrected chi connectivity index (χ4v) is 1.51. The first-order valence-electron chi connectivity index (χ1n) is 4.75. The van der Waals surface area contributed by atoms with Gasteiger partial charge in [0.15, 0.2) is 0 Å². The molecule has 0 spiro atoms. The zero-order chi connectivity index (χ0) is 11.7. The second-order valence-electron chi connectivity index (χ2n) is 3.55. The third kappa shape index (κ3) is 1.91. The van der Waals surface area contributed by atoms with Gasteiger partial charge in [0.2, 0.25) is 0 Å². The van der Waals surface area contributed by atoms with Crippen molar-refractivity contribution in [2.45, 2.75) is 0 Å². The molecule has 0 aliphatic rings. The van der Waals surface area contributed by atoms with E-state index < -0.39 is 0 Å². The fourth-order valence-electron chi connectivity index (χ4n) is 1.51. The molecule has 2 nitrogen and oxygen atoms in total.